The summed E-state index contributed by atoms with van der Waals surface area (Å²) in [7, 11) is 0. The van der Waals surface area contributed by atoms with Gasteiger partial charge in [0.15, 0.2) is 0 Å². The van der Waals surface area contributed by atoms with Crippen molar-refractivity contribution in [2.24, 2.45) is 0 Å². The van der Waals surface area contributed by atoms with Crippen molar-refractivity contribution in [2.45, 2.75) is 13.5 Å². The Morgan fingerprint density at radius 2 is 2.26 bits per heavy atom. The van der Waals surface area contributed by atoms with Crippen LogP contribution in [0.1, 0.15) is 5.56 Å². The molecule has 0 fully saturated rings. The van der Waals surface area contributed by atoms with Crippen LogP contribution >= 0.6 is 11.6 Å². The molecule has 0 radical (unpaired) electrons. The first kappa shape index (κ1) is 11.9. The Kier molecular flexibility index (Phi) is 3.04. The van der Waals surface area contributed by atoms with Crippen LogP contribution in [0.5, 0.6) is 0 Å². The predicted molar refractivity (Wildman–Crippen MR) is 71.2 cm³/mol. The van der Waals surface area contributed by atoms with Gasteiger partial charge in [-0.25, -0.2) is 0 Å². The lowest BCUT2D eigenvalue weighted by atomic mass is 10.4. The maximum absolute atomic E-state index is 5.93. The summed E-state index contributed by atoms with van der Waals surface area (Å²) in [5.41, 5.74) is 1.14. The zero-order chi connectivity index (χ0) is 13.2. The highest BCUT2D eigenvalue weighted by atomic mass is 35.5. The molecule has 3 rings (SSSR count). The fraction of sp³-hybridized carbons (Fsp3) is 0.273. The van der Waals surface area contributed by atoms with E-state index in [9.17, 15) is 0 Å². The number of anilines is 1. The minimum atomic E-state index is 0.387. The number of aromatic nitrogens is 6. The molecule has 0 aliphatic heterocycles. The van der Waals surface area contributed by atoms with Gasteiger partial charge in [0.25, 0.3) is 5.78 Å². The molecule has 0 unspecified atom stereocenters. The zero-order valence-corrected chi connectivity index (χ0v) is 11.0. The Bertz CT molecular complexity index is 702. The van der Waals surface area contributed by atoms with Gasteiger partial charge >= 0.3 is 0 Å². The lowest BCUT2D eigenvalue weighted by Gasteiger charge is -2.08. The van der Waals surface area contributed by atoms with Gasteiger partial charge in [-0.05, 0) is 12.5 Å². The summed E-state index contributed by atoms with van der Waals surface area (Å²) in [6.45, 7) is 3.47. The summed E-state index contributed by atoms with van der Waals surface area (Å²) < 4.78 is 3.49. The Morgan fingerprint density at radius 3 is 3.05 bits per heavy atom. The largest absolute Gasteiger partial charge is 0.368 e. The zero-order valence-electron chi connectivity index (χ0n) is 10.3. The summed E-state index contributed by atoms with van der Waals surface area (Å²) >= 11 is 5.93. The summed E-state index contributed by atoms with van der Waals surface area (Å²) in [6.07, 6.45) is 5.27. The van der Waals surface area contributed by atoms with Gasteiger partial charge in [0, 0.05) is 18.8 Å². The van der Waals surface area contributed by atoms with Crippen molar-refractivity contribution >= 4 is 23.2 Å². The summed E-state index contributed by atoms with van der Waals surface area (Å²) in [4.78, 5) is 8.07. The number of aryl methyl sites for hydroxylation is 1. The highest BCUT2D eigenvalue weighted by molar-refractivity contribution is 6.29. The summed E-state index contributed by atoms with van der Waals surface area (Å²) in [5.74, 6) is 1.24. The van der Waals surface area contributed by atoms with E-state index < -0.39 is 0 Å². The third-order valence-corrected chi connectivity index (χ3v) is 2.82. The molecule has 1 N–H and O–H groups in total. The van der Waals surface area contributed by atoms with Crippen LogP contribution in [0.2, 0.25) is 5.15 Å². The van der Waals surface area contributed by atoms with E-state index in [1.165, 1.54) is 6.33 Å². The fourth-order valence-electron chi connectivity index (χ4n) is 1.80. The van der Waals surface area contributed by atoms with Gasteiger partial charge in [-0.15, -0.1) is 0 Å². The van der Waals surface area contributed by atoms with E-state index in [2.05, 4.69) is 25.5 Å². The van der Waals surface area contributed by atoms with Gasteiger partial charge in [-0.2, -0.15) is 24.7 Å². The van der Waals surface area contributed by atoms with Gasteiger partial charge in [-0.1, -0.05) is 11.6 Å². The third kappa shape index (κ3) is 2.50. The molecule has 0 atom stereocenters. The molecule has 7 nitrogen and oxygen atoms in total. The second-order valence-electron chi connectivity index (χ2n) is 4.14. The van der Waals surface area contributed by atoms with Crippen molar-refractivity contribution in [1.82, 2.24) is 29.4 Å². The van der Waals surface area contributed by atoms with E-state index in [1.54, 1.807) is 10.6 Å². The van der Waals surface area contributed by atoms with E-state index in [1.807, 2.05) is 24.0 Å². The number of halogens is 1. The van der Waals surface area contributed by atoms with E-state index in [-0.39, 0.29) is 0 Å². The van der Waals surface area contributed by atoms with Crippen LogP contribution in [0.25, 0.3) is 5.78 Å². The molecule has 0 aliphatic carbocycles. The lowest BCUT2D eigenvalue weighted by molar-refractivity contribution is 0.635. The molecule has 0 spiro atoms. The minimum absolute atomic E-state index is 0.387. The maximum Gasteiger partial charge on any atom is 0.255 e. The lowest BCUT2D eigenvalue weighted by Crippen LogP contribution is -2.13. The van der Waals surface area contributed by atoms with Crippen molar-refractivity contribution in [3.8, 4) is 0 Å². The van der Waals surface area contributed by atoms with Crippen LogP contribution in [0, 0.1) is 6.92 Å². The van der Waals surface area contributed by atoms with Crippen molar-refractivity contribution in [2.75, 3.05) is 11.9 Å². The summed E-state index contributed by atoms with van der Waals surface area (Å²) in [6, 6.07) is 1.72. The molecule has 3 heterocycles. The van der Waals surface area contributed by atoms with E-state index >= 15 is 0 Å². The first-order valence-electron chi connectivity index (χ1n) is 5.81. The minimum Gasteiger partial charge on any atom is -0.368 e. The molecular weight excluding hydrogens is 266 g/mol. The molecule has 8 heteroatoms. The Hall–Kier alpha value is -2.15. The van der Waals surface area contributed by atoms with E-state index in [0.29, 0.717) is 17.5 Å². The molecule has 98 valence electrons. The van der Waals surface area contributed by atoms with Crippen molar-refractivity contribution in [1.29, 1.82) is 0 Å². The Balaban J connectivity index is 1.73. The number of hydrogen-bond donors (Lipinski definition) is 1. The van der Waals surface area contributed by atoms with Crippen LogP contribution in [0.15, 0.2) is 24.8 Å². The molecule has 19 heavy (non-hydrogen) atoms. The molecule has 3 aromatic rings. The molecule has 0 aliphatic rings. The average Bonchev–Trinajstić information content (AvgIpc) is 2.98. The molecular formula is C11H12ClN7. The van der Waals surface area contributed by atoms with Crippen LogP contribution in [0.3, 0.4) is 0 Å². The van der Waals surface area contributed by atoms with Crippen molar-refractivity contribution in [3.63, 3.8) is 0 Å². The number of hydrogen-bond acceptors (Lipinski definition) is 5. The van der Waals surface area contributed by atoms with Gasteiger partial charge in [0.1, 0.15) is 17.3 Å². The summed E-state index contributed by atoms with van der Waals surface area (Å²) in [5, 5.41) is 11.9. The van der Waals surface area contributed by atoms with Gasteiger partial charge in [0.2, 0.25) is 0 Å². The van der Waals surface area contributed by atoms with Crippen LogP contribution in [-0.4, -0.2) is 35.9 Å². The van der Waals surface area contributed by atoms with Gasteiger partial charge in [0.05, 0.1) is 12.7 Å². The van der Waals surface area contributed by atoms with Crippen LogP contribution in [0.4, 0.5) is 5.82 Å². The fourth-order valence-corrected chi connectivity index (χ4v) is 1.98. The second kappa shape index (κ2) is 4.85. The predicted octanol–water partition coefficient (Wildman–Crippen LogP) is 1.39. The molecule has 0 amide bonds. The van der Waals surface area contributed by atoms with Gasteiger partial charge < -0.3 is 5.32 Å². The molecule has 3 aromatic heterocycles. The maximum atomic E-state index is 5.93. The second-order valence-corrected chi connectivity index (χ2v) is 4.53. The average molecular weight is 278 g/mol. The first-order valence-corrected chi connectivity index (χ1v) is 6.19. The number of nitrogens with one attached hydrogen (secondary N) is 1. The van der Waals surface area contributed by atoms with Crippen molar-refractivity contribution in [3.05, 3.63) is 35.5 Å². The number of rotatable bonds is 4. The van der Waals surface area contributed by atoms with Gasteiger partial charge in [-0.3, -0.25) is 4.68 Å². The normalized spacial score (nSPS) is 11.1. The highest BCUT2D eigenvalue weighted by Gasteiger charge is 2.05. The quantitative estimate of drug-likeness (QED) is 0.730. The monoisotopic (exact) mass is 277 g/mol. The van der Waals surface area contributed by atoms with E-state index in [0.717, 1.165) is 17.9 Å². The number of nitrogens with zero attached hydrogens (tertiary/aromatic N) is 6. The Labute approximate surface area is 114 Å². The molecule has 0 saturated carbocycles. The molecule has 0 aromatic carbocycles. The topological polar surface area (TPSA) is 72.9 Å². The first-order chi connectivity index (χ1) is 9.22. The van der Waals surface area contributed by atoms with Crippen LogP contribution in [-0.2, 0) is 6.54 Å². The van der Waals surface area contributed by atoms with Crippen molar-refractivity contribution < 1.29 is 0 Å². The number of fused-ring (bicyclic) bond motifs is 1. The highest BCUT2D eigenvalue weighted by Crippen LogP contribution is 2.14. The third-order valence-electron chi connectivity index (χ3n) is 2.63. The molecule has 0 saturated heterocycles. The van der Waals surface area contributed by atoms with Crippen LogP contribution < -0.4 is 5.32 Å². The standard InChI is InChI=1S/C11H12ClN7/c1-8-5-15-18(6-8)3-2-13-10-4-9(12)17-11-14-7-16-19(10)11/h4-7,13H,2-3H2,1H3. The Morgan fingerprint density at radius 1 is 1.37 bits per heavy atom. The van der Waals surface area contributed by atoms with E-state index in [4.69, 9.17) is 11.6 Å². The molecule has 0 bridgehead atoms. The smallest absolute Gasteiger partial charge is 0.255 e. The SMILES string of the molecule is Cc1cnn(CCNc2cc(Cl)nc3ncnn23)c1.